The number of hydrogen-bond donors (Lipinski definition) is 2. The van der Waals surface area contributed by atoms with Gasteiger partial charge in [0.15, 0.2) is 0 Å². The Morgan fingerprint density at radius 3 is 1.90 bits per heavy atom. The number of amides is 1. The maximum Gasteiger partial charge on any atom is 0.408 e. The zero-order valence-corrected chi connectivity index (χ0v) is 18.5. The van der Waals surface area contributed by atoms with Crippen LogP contribution in [0.3, 0.4) is 0 Å². The molecule has 0 radical (unpaired) electrons. The lowest BCUT2D eigenvalue weighted by atomic mass is 10.00. The molecule has 0 saturated carbocycles. The average molecular weight is 427 g/mol. The molecular formula is C24H29NO6. The van der Waals surface area contributed by atoms with Crippen LogP contribution < -0.4 is 5.32 Å². The van der Waals surface area contributed by atoms with Gasteiger partial charge in [-0.2, -0.15) is 0 Å². The molecule has 0 fully saturated rings. The smallest absolute Gasteiger partial charge is 0.408 e. The third-order valence-electron chi connectivity index (χ3n) is 4.18. The van der Waals surface area contributed by atoms with Crippen molar-refractivity contribution >= 4 is 18.0 Å². The first kappa shape index (κ1) is 23.9. The minimum Gasteiger partial charge on any atom is -0.480 e. The summed E-state index contributed by atoms with van der Waals surface area (Å²) in [7, 11) is 0. The van der Waals surface area contributed by atoms with Crippen LogP contribution in [0.25, 0.3) is 11.1 Å². The fraction of sp³-hybridized carbons (Fsp3) is 0.375. The van der Waals surface area contributed by atoms with Crippen molar-refractivity contribution < 1.29 is 29.0 Å². The van der Waals surface area contributed by atoms with Crippen LogP contribution in [-0.2, 0) is 20.7 Å². The van der Waals surface area contributed by atoms with Crippen molar-refractivity contribution in [1.82, 2.24) is 5.32 Å². The van der Waals surface area contributed by atoms with Gasteiger partial charge in [0.2, 0.25) is 0 Å². The molecule has 0 heterocycles. The monoisotopic (exact) mass is 427 g/mol. The predicted molar refractivity (Wildman–Crippen MR) is 117 cm³/mol. The average Bonchev–Trinajstić information content (AvgIpc) is 2.66. The quantitative estimate of drug-likeness (QED) is 0.634. The number of carboxylic acid groups (broad SMARTS) is 1. The molecule has 2 aromatic carbocycles. The highest BCUT2D eigenvalue weighted by Crippen LogP contribution is 2.21. The highest BCUT2D eigenvalue weighted by atomic mass is 16.6. The van der Waals surface area contributed by atoms with Gasteiger partial charge in [-0.1, -0.05) is 36.4 Å². The Labute approximate surface area is 182 Å². The lowest BCUT2D eigenvalue weighted by Crippen LogP contribution is -2.44. The topological polar surface area (TPSA) is 102 Å². The van der Waals surface area contributed by atoms with Gasteiger partial charge in [0.1, 0.15) is 11.6 Å². The number of ether oxygens (including phenoxy) is 2. The zero-order chi connectivity index (χ0) is 23.2. The van der Waals surface area contributed by atoms with Crippen LogP contribution in [0.1, 0.15) is 50.5 Å². The number of aliphatic carboxylic acids is 1. The molecule has 0 aliphatic carbocycles. The van der Waals surface area contributed by atoms with E-state index in [0.29, 0.717) is 5.56 Å². The minimum absolute atomic E-state index is 0.120. The van der Waals surface area contributed by atoms with E-state index in [-0.39, 0.29) is 18.5 Å². The molecule has 166 valence electrons. The molecule has 0 aliphatic rings. The van der Waals surface area contributed by atoms with E-state index in [4.69, 9.17) is 9.47 Å². The highest BCUT2D eigenvalue weighted by Gasteiger charge is 2.24. The second-order valence-electron chi connectivity index (χ2n) is 8.47. The standard InChI is InChI=1S/C24H29NO6/c1-15(2)30-22(28)19-12-10-18(11-13-19)17-8-6-16(7-9-17)14-20(21(26)27)25-23(29)31-24(3,4)5/h6-13,15,20H,14H2,1-5H3,(H,25,29)(H,26,27). The summed E-state index contributed by atoms with van der Waals surface area (Å²) in [6, 6.07) is 13.3. The molecule has 0 bridgehead atoms. The number of carbonyl (C=O) groups excluding carboxylic acids is 2. The zero-order valence-electron chi connectivity index (χ0n) is 18.5. The van der Waals surface area contributed by atoms with E-state index in [0.717, 1.165) is 16.7 Å². The van der Waals surface area contributed by atoms with Crippen molar-refractivity contribution in [3.8, 4) is 11.1 Å². The third kappa shape index (κ3) is 7.77. The summed E-state index contributed by atoms with van der Waals surface area (Å²) in [6.45, 7) is 8.72. The van der Waals surface area contributed by atoms with Crippen molar-refractivity contribution in [2.75, 3.05) is 0 Å². The Balaban J connectivity index is 2.05. The SMILES string of the molecule is CC(C)OC(=O)c1ccc(-c2ccc(CC(NC(=O)OC(C)(C)C)C(=O)O)cc2)cc1. The molecule has 1 amide bonds. The Bertz CT molecular complexity index is 911. The number of hydrogen-bond acceptors (Lipinski definition) is 5. The third-order valence-corrected chi connectivity index (χ3v) is 4.18. The molecular weight excluding hydrogens is 398 g/mol. The van der Waals surface area contributed by atoms with Crippen LogP contribution in [0.2, 0.25) is 0 Å². The molecule has 7 nitrogen and oxygen atoms in total. The van der Waals surface area contributed by atoms with Crippen LogP contribution >= 0.6 is 0 Å². The number of carboxylic acids is 1. The summed E-state index contributed by atoms with van der Waals surface area (Å²) in [5, 5.41) is 11.8. The van der Waals surface area contributed by atoms with Gasteiger partial charge in [0, 0.05) is 6.42 Å². The molecule has 0 spiro atoms. The second kappa shape index (κ2) is 10.1. The fourth-order valence-corrected chi connectivity index (χ4v) is 2.80. The van der Waals surface area contributed by atoms with Crippen molar-refractivity contribution in [3.63, 3.8) is 0 Å². The lowest BCUT2D eigenvalue weighted by molar-refractivity contribution is -0.139. The van der Waals surface area contributed by atoms with Gasteiger partial charge >= 0.3 is 18.0 Å². The first-order valence-corrected chi connectivity index (χ1v) is 10.1. The van der Waals surface area contributed by atoms with E-state index < -0.39 is 23.7 Å². The Kier molecular flexibility index (Phi) is 7.80. The molecule has 2 rings (SSSR count). The number of esters is 1. The lowest BCUT2D eigenvalue weighted by Gasteiger charge is -2.22. The normalized spacial score (nSPS) is 12.2. The van der Waals surface area contributed by atoms with Crippen LogP contribution in [0.4, 0.5) is 4.79 Å². The van der Waals surface area contributed by atoms with Crippen LogP contribution in [0.15, 0.2) is 48.5 Å². The van der Waals surface area contributed by atoms with Crippen molar-refractivity contribution in [3.05, 3.63) is 59.7 Å². The van der Waals surface area contributed by atoms with Crippen molar-refractivity contribution in [1.29, 1.82) is 0 Å². The summed E-state index contributed by atoms with van der Waals surface area (Å²) >= 11 is 0. The summed E-state index contributed by atoms with van der Waals surface area (Å²) in [5.41, 5.74) is 2.35. The Morgan fingerprint density at radius 1 is 0.935 bits per heavy atom. The minimum atomic E-state index is -1.14. The highest BCUT2D eigenvalue weighted by molar-refractivity contribution is 5.90. The van der Waals surface area contributed by atoms with Gasteiger partial charge < -0.3 is 19.9 Å². The first-order valence-electron chi connectivity index (χ1n) is 10.1. The van der Waals surface area contributed by atoms with Gasteiger partial charge in [-0.15, -0.1) is 0 Å². The van der Waals surface area contributed by atoms with Crippen molar-refractivity contribution in [2.45, 2.75) is 58.8 Å². The maximum absolute atomic E-state index is 11.9. The van der Waals surface area contributed by atoms with E-state index in [1.807, 2.05) is 36.4 Å². The molecule has 0 aromatic heterocycles. The predicted octanol–water partition coefficient (Wildman–Crippen LogP) is 4.44. The fourth-order valence-electron chi connectivity index (χ4n) is 2.80. The number of rotatable bonds is 7. The Morgan fingerprint density at radius 2 is 1.45 bits per heavy atom. The molecule has 0 saturated heterocycles. The van der Waals surface area contributed by atoms with Gasteiger partial charge in [-0.25, -0.2) is 14.4 Å². The molecule has 7 heteroatoms. The summed E-state index contributed by atoms with van der Waals surface area (Å²) < 4.78 is 10.3. The van der Waals surface area contributed by atoms with Crippen LogP contribution in [-0.4, -0.2) is 40.9 Å². The Hall–Kier alpha value is -3.35. The summed E-state index contributed by atoms with van der Waals surface area (Å²) in [4.78, 5) is 35.4. The van der Waals surface area contributed by atoms with Crippen LogP contribution in [0.5, 0.6) is 0 Å². The largest absolute Gasteiger partial charge is 0.480 e. The van der Waals surface area contributed by atoms with Gasteiger partial charge in [-0.05, 0) is 63.4 Å². The van der Waals surface area contributed by atoms with Gasteiger partial charge in [0.25, 0.3) is 0 Å². The van der Waals surface area contributed by atoms with E-state index in [2.05, 4.69) is 5.32 Å². The summed E-state index contributed by atoms with van der Waals surface area (Å²) in [6.07, 6.45) is -0.832. The molecule has 31 heavy (non-hydrogen) atoms. The van der Waals surface area contributed by atoms with Gasteiger partial charge in [-0.3, -0.25) is 0 Å². The van der Waals surface area contributed by atoms with E-state index in [1.54, 1.807) is 46.8 Å². The van der Waals surface area contributed by atoms with Gasteiger partial charge in [0.05, 0.1) is 11.7 Å². The number of benzene rings is 2. The number of carbonyl (C=O) groups is 3. The molecule has 2 aromatic rings. The summed E-state index contributed by atoms with van der Waals surface area (Å²) in [5.74, 6) is -1.51. The molecule has 0 aliphatic heterocycles. The maximum atomic E-state index is 11.9. The second-order valence-corrected chi connectivity index (χ2v) is 8.47. The van der Waals surface area contributed by atoms with Crippen LogP contribution in [0, 0.1) is 0 Å². The van der Waals surface area contributed by atoms with E-state index >= 15 is 0 Å². The molecule has 2 N–H and O–H groups in total. The molecule has 1 atom stereocenters. The molecule has 1 unspecified atom stereocenters. The van der Waals surface area contributed by atoms with Crippen molar-refractivity contribution in [2.24, 2.45) is 0 Å². The number of alkyl carbamates (subject to hydrolysis) is 1. The number of nitrogens with one attached hydrogen (secondary N) is 1. The first-order chi connectivity index (χ1) is 14.4. The van der Waals surface area contributed by atoms with E-state index in [9.17, 15) is 19.5 Å². The van der Waals surface area contributed by atoms with E-state index in [1.165, 1.54) is 0 Å².